The Hall–Kier alpha value is -0.940. The van der Waals surface area contributed by atoms with Gasteiger partial charge in [0.05, 0.1) is 6.04 Å². The summed E-state index contributed by atoms with van der Waals surface area (Å²) in [6.45, 7) is 5.78. The van der Waals surface area contributed by atoms with Crippen molar-refractivity contribution in [2.75, 3.05) is 13.2 Å². The zero-order chi connectivity index (χ0) is 12.3. The van der Waals surface area contributed by atoms with Crippen LogP contribution in [0.1, 0.15) is 56.8 Å². The number of ether oxygens (including phenoxy) is 1. The normalized spacial score (nSPS) is 21.4. The van der Waals surface area contributed by atoms with E-state index in [0.717, 1.165) is 38.3 Å². The van der Waals surface area contributed by atoms with Gasteiger partial charge in [-0.25, -0.2) is 0 Å². The molecule has 0 spiro atoms. The second kappa shape index (κ2) is 5.60. The van der Waals surface area contributed by atoms with E-state index in [0.29, 0.717) is 17.7 Å². The van der Waals surface area contributed by atoms with Crippen molar-refractivity contribution in [1.82, 2.24) is 10.1 Å². The number of aromatic nitrogens is 2. The van der Waals surface area contributed by atoms with Crippen LogP contribution in [0.25, 0.3) is 0 Å². The highest BCUT2D eigenvalue weighted by Gasteiger charge is 2.24. The van der Waals surface area contributed by atoms with E-state index < -0.39 is 0 Å². The Balaban J connectivity index is 2.04. The molecular weight excluding hydrogens is 218 g/mol. The number of hydrogen-bond acceptors (Lipinski definition) is 5. The van der Waals surface area contributed by atoms with E-state index in [9.17, 15) is 0 Å². The predicted molar refractivity (Wildman–Crippen MR) is 63.5 cm³/mol. The molecule has 96 valence electrons. The monoisotopic (exact) mass is 239 g/mol. The van der Waals surface area contributed by atoms with E-state index in [-0.39, 0.29) is 6.04 Å². The third-order valence-corrected chi connectivity index (χ3v) is 3.59. The third-order valence-electron chi connectivity index (χ3n) is 3.59. The highest BCUT2D eigenvalue weighted by atomic mass is 16.5. The lowest BCUT2D eigenvalue weighted by molar-refractivity contribution is 0.0830. The topological polar surface area (TPSA) is 74.2 Å². The first-order chi connectivity index (χ1) is 8.22. The van der Waals surface area contributed by atoms with Crippen LogP contribution in [0.5, 0.6) is 0 Å². The summed E-state index contributed by atoms with van der Waals surface area (Å²) in [5.41, 5.74) is 6.07. The van der Waals surface area contributed by atoms with Crippen molar-refractivity contribution < 1.29 is 9.26 Å². The molecule has 0 bridgehead atoms. The van der Waals surface area contributed by atoms with Gasteiger partial charge in [-0.3, -0.25) is 0 Å². The van der Waals surface area contributed by atoms with Gasteiger partial charge in [-0.1, -0.05) is 25.4 Å². The summed E-state index contributed by atoms with van der Waals surface area (Å²) in [6.07, 6.45) is 2.95. The van der Waals surface area contributed by atoms with Crippen molar-refractivity contribution in [3.8, 4) is 0 Å². The van der Waals surface area contributed by atoms with Crippen LogP contribution in [0.2, 0.25) is 0 Å². The summed E-state index contributed by atoms with van der Waals surface area (Å²) >= 11 is 0. The lowest BCUT2D eigenvalue weighted by Gasteiger charge is -2.18. The Kier molecular flexibility index (Phi) is 4.12. The molecule has 1 saturated heterocycles. The summed E-state index contributed by atoms with van der Waals surface area (Å²) in [4.78, 5) is 4.44. The molecule has 2 atom stereocenters. The van der Waals surface area contributed by atoms with E-state index in [1.165, 1.54) is 0 Å². The summed E-state index contributed by atoms with van der Waals surface area (Å²) in [5.74, 6) is 2.09. The van der Waals surface area contributed by atoms with E-state index >= 15 is 0 Å². The van der Waals surface area contributed by atoms with Gasteiger partial charge in [0.2, 0.25) is 5.89 Å². The Labute approximate surface area is 102 Å². The maximum absolute atomic E-state index is 6.07. The molecular formula is C12H21N3O2. The maximum Gasteiger partial charge on any atom is 0.243 e. The molecule has 0 unspecified atom stereocenters. The molecule has 1 aromatic rings. The van der Waals surface area contributed by atoms with E-state index in [2.05, 4.69) is 24.0 Å². The molecule has 2 rings (SSSR count). The summed E-state index contributed by atoms with van der Waals surface area (Å²) < 4.78 is 10.6. The number of nitrogens with zero attached hydrogens (tertiary/aromatic N) is 2. The van der Waals surface area contributed by atoms with Crippen LogP contribution >= 0.6 is 0 Å². The number of nitrogens with two attached hydrogens (primary N) is 1. The second-order valence-corrected chi connectivity index (χ2v) is 4.79. The van der Waals surface area contributed by atoms with Crippen molar-refractivity contribution in [3.63, 3.8) is 0 Å². The van der Waals surface area contributed by atoms with Crippen LogP contribution in [0.15, 0.2) is 4.52 Å². The quantitative estimate of drug-likeness (QED) is 0.870. The molecule has 5 heteroatoms. The van der Waals surface area contributed by atoms with Crippen molar-refractivity contribution in [3.05, 3.63) is 11.7 Å². The highest BCUT2D eigenvalue weighted by Crippen LogP contribution is 2.27. The predicted octanol–water partition coefficient (Wildman–Crippen LogP) is 2.01. The van der Waals surface area contributed by atoms with Gasteiger partial charge in [-0.2, -0.15) is 4.98 Å². The Morgan fingerprint density at radius 1 is 1.41 bits per heavy atom. The van der Waals surface area contributed by atoms with Crippen LogP contribution in [-0.2, 0) is 4.74 Å². The van der Waals surface area contributed by atoms with E-state index in [4.69, 9.17) is 15.0 Å². The Morgan fingerprint density at radius 3 is 2.76 bits per heavy atom. The van der Waals surface area contributed by atoms with Gasteiger partial charge in [0.15, 0.2) is 5.82 Å². The molecule has 0 radical (unpaired) electrons. The number of rotatable bonds is 4. The Morgan fingerprint density at radius 2 is 2.12 bits per heavy atom. The minimum absolute atomic E-state index is 0.152. The van der Waals surface area contributed by atoms with Gasteiger partial charge in [0, 0.05) is 19.1 Å². The minimum Gasteiger partial charge on any atom is -0.381 e. The van der Waals surface area contributed by atoms with E-state index in [1.54, 1.807) is 0 Å². The lowest BCUT2D eigenvalue weighted by Crippen LogP contribution is -2.19. The Bertz CT molecular complexity index is 331. The molecule has 0 aliphatic carbocycles. The SMILES string of the molecule is CC[C@H](C)[C@H](N)c1nc(C2CCOCC2)no1. The van der Waals surface area contributed by atoms with Gasteiger partial charge in [-0.15, -0.1) is 0 Å². The molecule has 0 aromatic carbocycles. The number of hydrogen-bond donors (Lipinski definition) is 1. The van der Waals surface area contributed by atoms with Gasteiger partial charge in [0.1, 0.15) is 0 Å². The fourth-order valence-corrected chi connectivity index (χ4v) is 2.00. The van der Waals surface area contributed by atoms with Crippen molar-refractivity contribution in [2.45, 2.75) is 45.1 Å². The third kappa shape index (κ3) is 2.84. The first-order valence-corrected chi connectivity index (χ1v) is 6.39. The second-order valence-electron chi connectivity index (χ2n) is 4.79. The first kappa shape index (κ1) is 12.5. The fourth-order valence-electron chi connectivity index (χ4n) is 2.00. The molecule has 1 aromatic heterocycles. The standard InChI is InChI=1S/C12H21N3O2/c1-3-8(2)10(13)12-14-11(15-17-12)9-4-6-16-7-5-9/h8-10H,3-7,13H2,1-2H3/t8-,10-/m0/s1. The molecule has 17 heavy (non-hydrogen) atoms. The fraction of sp³-hybridized carbons (Fsp3) is 0.833. The average Bonchev–Trinajstić information content (AvgIpc) is 2.87. The van der Waals surface area contributed by atoms with Crippen LogP contribution in [0.3, 0.4) is 0 Å². The zero-order valence-electron chi connectivity index (χ0n) is 10.6. The molecule has 2 heterocycles. The van der Waals surface area contributed by atoms with Crippen LogP contribution in [0, 0.1) is 5.92 Å². The molecule has 0 saturated carbocycles. The first-order valence-electron chi connectivity index (χ1n) is 6.39. The van der Waals surface area contributed by atoms with Crippen LogP contribution in [-0.4, -0.2) is 23.4 Å². The minimum atomic E-state index is -0.152. The van der Waals surface area contributed by atoms with Crippen molar-refractivity contribution >= 4 is 0 Å². The van der Waals surface area contributed by atoms with Gasteiger partial charge < -0.3 is 15.0 Å². The summed E-state index contributed by atoms with van der Waals surface area (Å²) in [7, 11) is 0. The molecule has 1 aliphatic rings. The highest BCUT2D eigenvalue weighted by molar-refractivity contribution is 4.99. The average molecular weight is 239 g/mol. The molecule has 2 N–H and O–H groups in total. The maximum atomic E-state index is 6.07. The van der Waals surface area contributed by atoms with Crippen molar-refractivity contribution in [1.29, 1.82) is 0 Å². The van der Waals surface area contributed by atoms with Crippen LogP contribution in [0.4, 0.5) is 0 Å². The van der Waals surface area contributed by atoms with Crippen LogP contribution < -0.4 is 5.73 Å². The molecule has 5 nitrogen and oxygen atoms in total. The van der Waals surface area contributed by atoms with Gasteiger partial charge >= 0.3 is 0 Å². The van der Waals surface area contributed by atoms with Crippen molar-refractivity contribution in [2.24, 2.45) is 11.7 Å². The molecule has 1 aliphatic heterocycles. The zero-order valence-corrected chi connectivity index (χ0v) is 10.6. The van der Waals surface area contributed by atoms with Gasteiger partial charge in [-0.05, 0) is 18.8 Å². The molecule has 0 amide bonds. The summed E-state index contributed by atoms with van der Waals surface area (Å²) in [5, 5.41) is 4.06. The smallest absolute Gasteiger partial charge is 0.243 e. The van der Waals surface area contributed by atoms with E-state index in [1.807, 2.05) is 0 Å². The summed E-state index contributed by atoms with van der Waals surface area (Å²) in [6, 6.07) is -0.152. The lowest BCUT2D eigenvalue weighted by atomic mass is 9.99. The largest absolute Gasteiger partial charge is 0.381 e. The van der Waals surface area contributed by atoms with Gasteiger partial charge in [0.25, 0.3) is 0 Å². The molecule has 1 fully saturated rings.